The Hall–Kier alpha value is -1.03. The second kappa shape index (κ2) is 7.53. The van der Waals surface area contributed by atoms with Crippen LogP contribution in [-0.4, -0.2) is 42.6 Å². The minimum absolute atomic E-state index is 0.0143. The van der Waals surface area contributed by atoms with Crippen molar-refractivity contribution in [3.05, 3.63) is 12.2 Å². The highest BCUT2D eigenvalue weighted by Crippen LogP contribution is 2.13. The number of carbonyl (C=O) groups excluding carboxylic acids is 1. The Balaban J connectivity index is 1.56. The first-order chi connectivity index (χ1) is 9.25. The highest BCUT2D eigenvalue weighted by Gasteiger charge is 2.17. The number of rotatable bonds is 5. The first kappa shape index (κ1) is 14.4. The summed E-state index contributed by atoms with van der Waals surface area (Å²) in [6, 6.07) is 0.868. The molecular weight excluding hydrogens is 238 g/mol. The summed E-state index contributed by atoms with van der Waals surface area (Å²) in [5.41, 5.74) is 0. The van der Waals surface area contributed by atoms with E-state index in [4.69, 9.17) is 0 Å². The molecule has 2 N–H and O–H groups in total. The standard InChI is InChI=1S/C15H27N3O/c1-13(18-11-5-2-6-12-18)9-10-16-15(19)17-14-7-3-4-8-14/h3-4,13-14H,2,5-12H2,1H3,(H2,16,17,19). The minimum atomic E-state index is -0.0143. The van der Waals surface area contributed by atoms with Crippen LogP contribution < -0.4 is 10.6 Å². The number of likely N-dealkylation sites (tertiary alicyclic amines) is 1. The number of amides is 2. The fourth-order valence-electron chi connectivity index (χ4n) is 2.91. The monoisotopic (exact) mass is 265 g/mol. The maximum atomic E-state index is 11.7. The van der Waals surface area contributed by atoms with Crippen molar-refractivity contribution < 1.29 is 4.79 Å². The Labute approximate surface area is 116 Å². The Morgan fingerprint density at radius 1 is 1.26 bits per heavy atom. The number of piperidine rings is 1. The summed E-state index contributed by atoms with van der Waals surface area (Å²) in [7, 11) is 0. The molecule has 0 aromatic rings. The lowest BCUT2D eigenvalue weighted by Crippen LogP contribution is -2.43. The fraction of sp³-hybridized carbons (Fsp3) is 0.800. The molecule has 0 aromatic heterocycles. The van der Waals surface area contributed by atoms with Gasteiger partial charge in [0, 0.05) is 18.6 Å². The summed E-state index contributed by atoms with van der Waals surface area (Å²) in [5, 5.41) is 5.98. The molecule has 0 bridgehead atoms. The smallest absolute Gasteiger partial charge is 0.315 e. The van der Waals surface area contributed by atoms with Gasteiger partial charge in [0.2, 0.25) is 0 Å². The summed E-state index contributed by atoms with van der Waals surface area (Å²) >= 11 is 0. The molecule has 1 aliphatic heterocycles. The molecule has 2 rings (SSSR count). The molecule has 1 saturated heterocycles. The van der Waals surface area contributed by atoms with E-state index in [1.807, 2.05) is 0 Å². The molecule has 1 heterocycles. The van der Waals surface area contributed by atoms with Crippen LogP contribution in [0.25, 0.3) is 0 Å². The van der Waals surface area contributed by atoms with Crippen molar-refractivity contribution in [1.82, 2.24) is 15.5 Å². The largest absolute Gasteiger partial charge is 0.338 e. The van der Waals surface area contributed by atoms with E-state index in [9.17, 15) is 4.79 Å². The van der Waals surface area contributed by atoms with Crippen LogP contribution >= 0.6 is 0 Å². The van der Waals surface area contributed by atoms with Gasteiger partial charge in [0.1, 0.15) is 0 Å². The zero-order valence-corrected chi connectivity index (χ0v) is 12.0. The fourth-order valence-corrected chi connectivity index (χ4v) is 2.91. The van der Waals surface area contributed by atoms with E-state index in [1.165, 1.54) is 32.4 Å². The van der Waals surface area contributed by atoms with Gasteiger partial charge in [-0.15, -0.1) is 0 Å². The molecule has 1 fully saturated rings. The molecule has 19 heavy (non-hydrogen) atoms. The van der Waals surface area contributed by atoms with Gasteiger partial charge in [-0.3, -0.25) is 0 Å². The van der Waals surface area contributed by atoms with E-state index in [1.54, 1.807) is 0 Å². The Kier molecular flexibility index (Phi) is 5.70. The number of urea groups is 1. The van der Waals surface area contributed by atoms with Crippen LogP contribution in [0.4, 0.5) is 4.79 Å². The van der Waals surface area contributed by atoms with Crippen molar-refractivity contribution in [2.24, 2.45) is 0 Å². The summed E-state index contributed by atoms with van der Waals surface area (Å²) in [6.45, 7) is 5.48. The van der Waals surface area contributed by atoms with Crippen LogP contribution in [0.15, 0.2) is 12.2 Å². The molecule has 4 heteroatoms. The van der Waals surface area contributed by atoms with Gasteiger partial charge in [0.25, 0.3) is 0 Å². The van der Waals surface area contributed by atoms with E-state index < -0.39 is 0 Å². The molecule has 0 aromatic carbocycles. The lowest BCUT2D eigenvalue weighted by atomic mass is 10.1. The van der Waals surface area contributed by atoms with E-state index in [0.29, 0.717) is 12.1 Å². The number of nitrogens with one attached hydrogen (secondary N) is 2. The molecule has 0 radical (unpaired) electrons. The van der Waals surface area contributed by atoms with E-state index in [0.717, 1.165) is 25.8 Å². The predicted octanol–water partition coefficient (Wildman–Crippen LogP) is 2.27. The van der Waals surface area contributed by atoms with Crippen LogP contribution in [-0.2, 0) is 0 Å². The molecule has 1 aliphatic carbocycles. The second-order valence-corrected chi connectivity index (χ2v) is 5.77. The first-order valence-electron chi connectivity index (χ1n) is 7.69. The summed E-state index contributed by atoms with van der Waals surface area (Å²) in [5.74, 6) is 0. The molecule has 1 atom stereocenters. The zero-order valence-electron chi connectivity index (χ0n) is 12.0. The Morgan fingerprint density at radius 3 is 2.63 bits per heavy atom. The van der Waals surface area contributed by atoms with E-state index in [-0.39, 0.29) is 6.03 Å². The van der Waals surface area contributed by atoms with Gasteiger partial charge in [-0.05, 0) is 52.1 Å². The zero-order chi connectivity index (χ0) is 13.5. The van der Waals surface area contributed by atoms with Gasteiger partial charge in [0.05, 0.1) is 0 Å². The van der Waals surface area contributed by atoms with Crippen LogP contribution in [0, 0.1) is 0 Å². The van der Waals surface area contributed by atoms with Crippen LogP contribution in [0.1, 0.15) is 45.4 Å². The first-order valence-corrected chi connectivity index (χ1v) is 7.69. The van der Waals surface area contributed by atoms with Crippen molar-refractivity contribution in [3.63, 3.8) is 0 Å². The normalized spacial score (nSPS) is 22.4. The van der Waals surface area contributed by atoms with Gasteiger partial charge in [-0.25, -0.2) is 4.79 Å². The topological polar surface area (TPSA) is 44.4 Å². The second-order valence-electron chi connectivity index (χ2n) is 5.77. The molecule has 2 aliphatic rings. The average Bonchev–Trinajstić information content (AvgIpc) is 2.92. The Morgan fingerprint density at radius 2 is 1.95 bits per heavy atom. The lowest BCUT2D eigenvalue weighted by molar-refractivity contribution is 0.166. The maximum absolute atomic E-state index is 11.7. The number of hydrogen-bond acceptors (Lipinski definition) is 2. The third-order valence-electron chi connectivity index (χ3n) is 4.20. The summed E-state index contributed by atoms with van der Waals surface area (Å²) < 4.78 is 0. The predicted molar refractivity (Wildman–Crippen MR) is 78.2 cm³/mol. The Bertz CT molecular complexity index is 303. The lowest BCUT2D eigenvalue weighted by Gasteiger charge is -2.32. The summed E-state index contributed by atoms with van der Waals surface area (Å²) in [4.78, 5) is 14.2. The molecule has 0 saturated carbocycles. The SMILES string of the molecule is CC(CCNC(=O)NC1CC=CC1)N1CCCCC1. The van der Waals surface area contributed by atoms with Crippen molar-refractivity contribution in [3.8, 4) is 0 Å². The third kappa shape index (κ3) is 4.86. The molecule has 0 spiro atoms. The van der Waals surface area contributed by atoms with E-state index >= 15 is 0 Å². The van der Waals surface area contributed by atoms with Gasteiger partial charge in [-0.2, -0.15) is 0 Å². The van der Waals surface area contributed by atoms with Gasteiger partial charge in [0.15, 0.2) is 0 Å². The van der Waals surface area contributed by atoms with E-state index in [2.05, 4.69) is 34.6 Å². The van der Waals surface area contributed by atoms with Gasteiger partial charge >= 0.3 is 6.03 Å². The average molecular weight is 265 g/mol. The molecule has 2 amide bonds. The molecule has 1 unspecified atom stereocenters. The van der Waals surface area contributed by atoms with Crippen LogP contribution in [0.2, 0.25) is 0 Å². The van der Waals surface area contributed by atoms with Crippen molar-refractivity contribution in [2.45, 2.75) is 57.5 Å². The summed E-state index contributed by atoms with van der Waals surface area (Å²) in [6.07, 6.45) is 11.3. The highest BCUT2D eigenvalue weighted by molar-refractivity contribution is 5.74. The van der Waals surface area contributed by atoms with Gasteiger partial charge < -0.3 is 15.5 Å². The van der Waals surface area contributed by atoms with Crippen molar-refractivity contribution in [1.29, 1.82) is 0 Å². The quantitative estimate of drug-likeness (QED) is 0.749. The van der Waals surface area contributed by atoms with Crippen molar-refractivity contribution >= 4 is 6.03 Å². The molecule has 4 nitrogen and oxygen atoms in total. The number of carbonyl (C=O) groups is 1. The van der Waals surface area contributed by atoms with Crippen molar-refractivity contribution in [2.75, 3.05) is 19.6 Å². The van der Waals surface area contributed by atoms with Gasteiger partial charge in [-0.1, -0.05) is 18.6 Å². The molecular formula is C15H27N3O. The molecule has 108 valence electrons. The maximum Gasteiger partial charge on any atom is 0.315 e. The third-order valence-corrected chi connectivity index (χ3v) is 4.20. The number of hydrogen-bond donors (Lipinski definition) is 2. The minimum Gasteiger partial charge on any atom is -0.338 e. The number of nitrogens with zero attached hydrogens (tertiary/aromatic N) is 1. The highest BCUT2D eigenvalue weighted by atomic mass is 16.2. The van der Waals surface area contributed by atoms with Crippen LogP contribution in [0.3, 0.4) is 0 Å². The van der Waals surface area contributed by atoms with Crippen LogP contribution in [0.5, 0.6) is 0 Å².